The van der Waals surface area contributed by atoms with Crippen LogP contribution >= 0.6 is 11.3 Å². The predicted molar refractivity (Wildman–Crippen MR) is 127 cm³/mol. The van der Waals surface area contributed by atoms with Gasteiger partial charge in [0.2, 0.25) is 5.91 Å². The number of hydrogen-bond acceptors (Lipinski definition) is 5. The minimum Gasteiger partial charge on any atom is -0.351 e. The van der Waals surface area contributed by atoms with Crippen LogP contribution in [0.1, 0.15) is 64.1 Å². The molecule has 166 valence electrons. The molecular weight excluding hydrogens is 420 g/mol. The summed E-state index contributed by atoms with van der Waals surface area (Å²) < 4.78 is 0. The molecule has 32 heavy (non-hydrogen) atoms. The van der Waals surface area contributed by atoms with Crippen molar-refractivity contribution in [2.45, 2.75) is 58.0 Å². The van der Waals surface area contributed by atoms with Crippen molar-refractivity contribution in [1.82, 2.24) is 15.3 Å². The zero-order chi connectivity index (χ0) is 22.5. The Morgan fingerprint density at radius 1 is 1.06 bits per heavy atom. The zero-order valence-electron chi connectivity index (χ0n) is 18.5. The molecule has 1 saturated carbocycles. The van der Waals surface area contributed by atoms with Gasteiger partial charge in [-0.3, -0.25) is 19.5 Å². The van der Waals surface area contributed by atoms with Gasteiger partial charge in [0.15, 0.2) is 0 Å². The van der Waals surface area contributed by atoms with Gasteiger partial charge in [0, 0.05) is 12.2 Å². The minimum atomic E-state index is -0.809. The number of carbonyl (C=O) groups excluding carboxylic acids is 2. The second-order valence-electron chi connectivity index (χ2n) is 8.19. The van der Waals surface area contributed by atoms with Crippen LogP contribution in [0.4, 0.5) is 5.69 Å². The molecule has 1 atom stereocenters. The van der Waals surface area contributed by atoms with Crippen molar-refractivity contribution >= 4 is 28.8 Å². The largest absolute Gasteiger partial charge is 0.351 e. The van der Waals surface area contributed by atoms with E-state index in [4.69, 9.17) is 0 Å². The fourth-order valence-electron chi connectivity index (χ4n) is 4.30. The van der Waals surface area contributed by atoms with Crippen LogP contribution in [-0.2, 0) is 4.79 Å². The monoisotopic (exact) mass is 448 g/mol. The van der Waals surface area contributed by atoms with Gasteiger partial charge >= 0.3 is 0 Å². The van der Waals surface area contributed by atoms with E-state index in [9.17, 15) is 9.59 Å². The van der Waals surface area contributed by atoms with E-state index in [-0.39, 0.29) is 17.9 Å². The maximum absolute atomic E-state index is 13.9. The molecular formula is C25H28N4O2S. The number of amides is 2. The second-order valence-corrected chi connectivity index (χ2v) is 9.39. The van der Waals surface area contributed by atoms with Crippen LogP contribution < -0.4 is 10.2 Å². The Morgan fingerprint density at radius 2 is 1.81 bits per heavy atom. The summed E-state index contributed by atoms with van der Waals surface area (Å²) in [5.41, 5.74) is 2.01. The maximum atomic E-state index is 13.9. The smallest absolute Gasteiger partial charge is 0.271 e. The Morgan fingerprint density at radius 3 is 2.44 bits per heavy atom. The SMILES string of the molecule is Cc1nc(C)c(C(=O)N(c2cccnc2)[C@@H](C(=O)NC2CCCCC2)c2ccccc2)s1. The third kappa shape index (κ3) is 4.88. The lowest BCUT2D eigenvalue weighted by molar-refractivity contribution is -0.123. The number of anilines is 1. The molecule has 0 unspecified atom stereocenters. The number of thiazole rings is 1. The molecule has 0 aliphatic heterocycles. The zero-order valence-corrected chi connectivity index (χ0v) is 19.3. The van der Waals surface area contributed by atoms with Gasteiger partial charge < -0.3 is 5.32 Å². The van der Waals surface area contributed by atoms with Gasteiger partial charge in [-0.25, -0.2) is 4.98 Å². The second kappa shape index (κ2) is 10.0. The van der Waals surface area contributed by atoms with Crippen molar-refractivity contribution < 1.29 is 9.59 Å². The minimum absolute atomic E-state index is 0.140. The number of nitrogens with zero attached hydrogens (tertiary/aromatic N) is 3. The highest BCUT2D eigenvalue weighted by molar-refractivity contribution is 7.13. The lowest BCUT2D eigenvalue weighted by Crippen LogP contribution is -2.47. The molecule has 4 rings (SSSR count). The Labute approximate surface area is 192 Å². The Balaban J connectivity index is 1.78. The summed E-state index contributed by atoms with van der Waals surface area (Å²) in [6, 6.07) is 12.4. The van der Waals surface area contributed by atoms with Crippen LogP contribution in [0.5, 0.6) is 0 Å². The highest BCUT2D eigenvalue weighted by Crippen LogP contribution is 2.32. The average molecular weight is 449 g/mol. The molecule has 7 heteroatoms. The molecule has 3 aromatic rings. The molecule has 6 nitrogen and oxygen atoms in total. The highest BCUT2D eigenvalue weighted by atomic mass is 32.1. The molecule has 0 spiro atoms. The van der Waals surface area contributed by atoms with Crippen LogP contribution in [0.3, 0.4) is 0 Å². The number of aromatic nitrogens is 2. The number of pyridine rings is 1. The van der Waals surface area contributed by atoms with E-state index in [1.807, 2.05) is 50.2 Å². The normalized spacial score (nSPS) is 15.2. The summed E-state index contributed by atoms with van der Waals surface area (Å²) in [7, 11) is 0. The number of aryl methyl sites for hydroxylation is 2. The fourth-order valence-corrected chi connectivity index (χ4v) is 5.16. The van der Waals surface area contributed by atoms with Crippen molar-refractivity contribution in [1.29, 1.82) is 0 Å². The van der Waals surface area contributed by atoms with Crippen LogP contribution in [0.2, 0.25) is 0 Å². The summed E-state index contributed by atoms with van der Waals surface area (Å²) in [6.45, 7) is 3.71. The summed E-state index contributed by atoms with van der Waals surface area (Å²) >= 11 is 1.35. The third-order valence-electron chi connectivity index (χ3n) is 5.81. The summed E-state index contributed by atoms with van der Waals surface area (Å²) in [5, 5.41) is 4.05. The lowest BCUT2D eigenvalue weighted by atomic mass is 9.94. The van der Waals surface area contributed by atoms with Crippen molar-refractivity contribution in [3.63, 3.8) is 0 Å². The van der Waals surface area contributed by atoms with Crippen molar-refractivity contribution in [3.05, 3.63) is 76.0 Å². The van der Waals surface area contributed by atoms with E-state index >= 15 is 0 Å². The van der Waals surface area contributed by atoms with Crippen LogP contribution in [0.15, 0.2) is 54.9 Å². The first-order valence-corrected chi connectivity index (χ1v) is 11.9. The first kappa shape index (κ1) is 22.1. The third-order valence-corrected chi connectivity index (χ3v) is 6.87. The van der Waals surface area contributed by atoms with Gasteiger partial charge in [-0.05, 0) is 44.4 Å². The fraction of sp³-hybridized carbons (Fsp3) is 0.360. The molecule has 1 fully saturated rings. The molecule has 1 aliphatic carbocycles. The Bertz CT molecular complexity index is 1060. The molecule has 1 aliphatic rings. The molecule has 2 amide bonds. The van der Waals surface area contributed by atoms with Gasteiger partial charge in [-0.1, -0.05) is 49.6 Å². The summed E-state index contributed by atoms with van der Waals surface area (Å²) in [6.07, 6.45) is 8.68. The van der Waals surface area contributed by atoms with Crippen molar-refractivity contribution in [2.75, 3.05) is 4.90 Å². The number of hydrogen-bond donors (Lipinski definition) is 1. The average Bonchev–Trinajstić information content (AvgIpc) is 3.16. The van der Waals surface area contributed by atoms with E-state index in [0.29, 0.717) is 16.3 Å². The molecule has 1 N–H and O–H groups in total. The van der Waals surface area contributed by atoms with Gasteiger partial charge in [0.05, 0.1) is 22.6 Å². The first-order valence-electron chi connectivity index (χ1n) is 11.1. The van der Waals surface area contributed by atoms with E-state index in [1.165, 1.54) is 17.8 Å². The summed E-state index contributed by atoms with van der Waals surface area (Å²) in [4.78, 5) is 38.4. The molecule has 0 bridgehead atoms. The molecule has 0 radical (unpaired) electrons. The van der Waals surface area contributed by atoms with Gasteiger partial charge in [-0.15, -0.1) is 11.3 Å². The lowest BCUT2D eigenvalue weighted by Gasteiger charge is -2.33. The first-order chi connectivity index (χ1) is 15.5. The van der Waals surface area contributed by atoms with E-state index in [2.05, 4.69) is 15.3 Å². The quantitative estimate of drug-likeness (QED) is 0.576. The Kier molecular flexibility index (Phi) is 6.95. The van der Waals surface area contributed by atoms with Crippen LogP contribution in [-0.4, -0.2) is 27.8 Å². The molecule has 2 aromatic heterocycles. The summed E-state index contributed by atoms with van der Waals surface area (Å²) in [5.74, 6) is -0.409. The van der Waals surface area contributed by atoms with Gasteiger partial charge in [0.1, 0.15) is 10.9 Å². The van der Waals surface area contributed by atoms with Crippen molar-refractivity contribution in [3.8, 4) is 0 Å². The van der Waals surface area contributed by atoms with Crippen LogP contribution in [0.25, 0.3) is 0 Å². The predicted octanol–water partition coefficient (Wildman–Crippen LogP) is 4.99. The number of benzene rings is 1. The molecule has 0 saturated heterocycles. The van der Waals surface area contributed by atoms with E-state index in [1.54, 1.807) is 23.4 Å². The van der Waals surface area contributed by atoms with E-state index < -0.39 is 6.04 Å². The maximum Gasteiger partial charge on any atom is 0.271 e. The number of carbonyl (C=O) groups is 2. The number of rotatable bonds is 6. The van der Waals surface area contributed by atoms with Crippen molar-refractivity contribution in [2.24, 2.45) is 0 Å². The number of nitrogens with one attached hydrogen (secondary N) is 1. The standard InChI is InChI=1S/C25H28N4O2S/c1-17-23(32-18(2)27-17)25(31)29(21-14-9-15-26-16-21)22(19-10-5-3-6-11-19)24(30)28-20-12-7-4-8-13-20/h3,5-6,9-11,14-16,20,22H,4,7-8,12-13H2,1-2H3,(H,28,30)/t22-/m1/s1. The van der Waals surface area contributed by atoms with Gasteiger partial charge in [0.25, 0.3) is 5.91 Å². The highest BCUT2D eigenvalue weighted by Gasteiger charge is 2.36. The molecule has 1 aromatic carbocycles. The topological polar surface area (TPSA) is 75.2 Å². The van der Waals surface area contributed by atoms with E-state index in [0.717, 1.165) is 36.3 Å². The van der Waals surface area contributed by atoms with Crippen LogP contribution in [0, 0.1) is 13.8 Å². The van der Waals surface area contributed by atoms with Gasteiger partial charge in [-0.2, -0.15) is 0 Å². The Hall–Kier alpha value is -3.06. The molecule has 2 heterocycles.